The van der Waals surface area contributed by atoms with Gasteiger partial charge in [0.05, 0.1) is 30.2 Å². The maximum atomic E-state index is 12.3. The number of thiazole rings is 1. The van der Waals surface area contributed by atoms with Crippen LogP contribution in [0.5, 0.6) is 0 Å². The van der Waals surface area contributed by atoms with Gasteiger partial charge in [-0.2, -0.15) is 0 Å². The molecule has 2 aromatic heterocycles. The number of amides is 1. The maximum absolute atomic E-state index is 12.3. The van der Waals surface area contributed by atoms with Gasteiger partial charge in [-0.3, -0.25) is 9.59 Å². The van der Waals surface area contributed by atoms with Crippen LogP contribution in [0.1, 0.15) is 12.6 Å². The van der Waals surface area contributed by atoms with E-state index >= 15 is 0 Å². The molecule has 0 unspecified atom stereocenters. The molecule has 0 aliphatic rings. The molecule has 0 saturated heterocycles. The molecule has 2 aromatic carbocycles. The summed E-state index contributed by atoms with van der Waals surface area (Å²) in [6.45, 7) is 2.08. The van der Waals surface area contributed by atoms with Gasteiger partial charge in [0, 0.05) is 10.9 Å². The van der Waals surface area contributed by atoms with Crippen molar-refractivity contribution in [2.24, 2.45) is 0 Å². The van der Waals surface area contributed by atoms with E-state index in [0.717, 1.165) is 22.4 Å². The molecule has 1 amide bonds. The first-order valence-electron chi connectivity index (χ1n) is 10.6. The molecule has 34 heavy (non-hydrogen) atoms. The molecule has 0 aliphatic heterocycles. The van der Waals surface area contributed by atoms with Crippen molar-refractivity contribution in [2.45, 2.75) is 18.4 Å². The molecule has 7 nitrogen and oxygen atoms in total. The van der Waals surface area contributed by atoms with Gasteiger partial charge < -0.3 is 10.1 Å². The van der Waals surface area contributed by atoms with E-state index in [2.05, 4.69) is 44.8 Å². The lowest BCUT2D eigenvalue weighted by Gasteiger charge is -2.05. The topological polar surface area (TPSA) is 94.1 Å². The minimum atomic E-state index is -0.338. The van der Waals surface area contributed by atoms with E-state index in [9.17, 15) is 9.59 Å². The highest BCUT2D eigenvalue weighted by molar-refractivity contribution is 7.99. The largest absolute Gasteiger partial charge is 0.466 e. The molecule has 0 bridgehead atoms. The molecule has 0 atom stereocenters. The number of anilines is 1. The lowest BCUT2D eigenvalue weighted by atomic mass is 10.0. The molecule has 0 fully saturated rings. The van der Waals surface area contributed by atoms with Crippen LogP contribution in [-0.4, -0.2) is 39.4 Å². The van der Waals surface area contributed by atoms with Crippen LogP contribution in [0.3, 0.4) is 0 Å². The quantitative estimate of drug-likeness (QED) is 0.258. The second-order valence-electron chi connectivity index (χ2n) is 7.16. The van der Waals surface area contributed by atoms with Crippen molar-refractivity contribution in [1.82, 2.24) is 15.2 Å². The predicted octanol–water partition coefficient (Wildman–Crippen LogP) is 5.10. The molecule has 172 valence electrons. The minimum absolute atomic E-state index is 0.0892. The lowest BCUT2D eigenvalue weighted by Crippen LogP contribution is -2.14. The summed E-state index contributed by atoms with van der Waals surface area (Å²) in [5.74, 6) is -0.369. The molecule has 0 radical (unpaired) electrons. The van der Waals surface area contributed by atoms with Crippen LogP contribution in [-0.2, 0) is 20.7 Å². The van der Waals surface area contributed by atoms with Gasteiger partial charge in [0.1, 0.15) is 5.03 Å². The van der Waals surface area contributed by atoms with Gasteiger partial charge in [0.2, 0.25) is 5.91 Å². The Bertz CT molecular complexity index is 1240. The molecule has 2 heterocycles. The van der Waals surface area contributed by atoms with Crippen molar-refractivity contribution in [3.63, 3.8) is 0 Å². The van der Waals surface area contributed by atoms with E-state index < -0.39 is 0 Å². The van der Waals surface area contributed by atoms with Gasteiger partial charge in [-0.15, -0.1) is 21.5 Å². The molecular weight excluding hydrogens is 468 g/mol. The fraction of sp³-hybridized carbons (Fsp3) is 0.160. The zero-order valence-electron chi connectivity index (χ0n) is 18.4. The third-order valence-electron chi connectivity index (χ3n) is 4.71. The van der Waals surface area contributed by atoms with Crippen molar-refractivity contribution in [2.75, 3.05) is 17.7 Å². The number of nitrogens with zero attached hydrogens (tertiary/aromatic N) is 3. The van der Waals surface area contributed by atoms with Gasteiger partial charge >= 0.3 is 5.97 Å². The molecule has 0 spiro atoms. The lowest BCUT2D eigenvalue weighted by molar-refractivity contribution is -0.142. The second-order valence-corrected chi connectivity index (χ2v) is 9.02. The SMILES string of the molecule is CCOC(=O)Cc1csc(NC(=O)CSc2ccc(-c3ccc(-c4ccccc4)cc3)nn2)n1. The molecule has 4 aromatic rings. The zero-order valence-corrected chi connectivity index (χ0v) is 20.1. The predicted molar refractivity (Wildman–Crippen MR) is 135 cm³/mol. The van der Waals surface area contributed by atoms with Crippen LogP contribution in [0.15, 0.2) is 77.1 Å². The van der Waals surface area contributed by atoms with E-state index in [1.165, 1.54) is 23.1 Å². The Kier molecular flexibility index (Phi) is 8.00. The number of thioether (sulfide) groups is 1. The number of carbonyl (C=O) groups excluding carboxylic acids is 2. The van der Waals surface area contributed by atoms with E-state index in [0.29, 0.717) is 22.5 Å². The third-order valence-corrected chi connectivity index (χ3v) is 6.43. The summed E-state index contributed by atoms with van der Waals surface area (Å²) >= 11 is 2.56. The van der Waals surface area contributed by atoms with Crippen LogP contribution in [0.25, 0.3) is 22.4 Å². The highest BCUT2D eigenvalue weighted by atomic mass is 32.2. The average molecular weight is 491 g/mol. The Morgan fingerprint density at radius 3 is 2.38 bits per heavy atom. The summed E-state index contributed by atoms with van der Waals surface area (Å²) in [7, 11) is 0. The number of esters is 1. The normalized spacial score (nSPS) is 10.6. The van der Waals surface area contributed by atoms with Crippen molar-refractivity contribution in [3.8, 4) is 22.4 Å². The van der Waals surface area contributed by atoms with Gasteiger partial charge in [-0.25, -0.2) is 4.98 Å². The number of benzene rings is 2. The maximum Gasteiger partial charge on any atom is 0.311 e. The van der Waals surface area contributed by atoms with E-state index in [-0.39, 0.29) is 24.1 Å². The van der Waals surface area contributed by atoms with Crippen molar-refractivity contribution >= 4 is 40.1 Å². The zero-order chi connectivity index (χ0) is 23.8. The monoisotopic (exact) mass is 490 g/mol. The average Bonchev–Trinajstić information content (AvgIpc) is 3.30. The number of hydrogen-bond acceptors (Lipinski definition) is 8. The fourth-order valence-corrected chi connectivity index (χ4v) is 4.46. The van der Waals surface area contributed by atoms with Crippen LogP contribution in [0.2, 0.25) is 0 Å². The van der Waals surface area contributed by atoms with Gasteiger partial charge in [0.25, 0.3) is 0 Å². The molecule has 4 rings (SSSR count). The Morgan fingerprint density at radius 2 is 1.68 bits per heavy atom. The summed E-state index contributed by atoms with van der Waals surface area (Å²) < 4.78 is 4.91. The standard InChI is InChI=1S/C25H22N4O3S2/c1-2-32-24(31)14-20-15-34-25(26-20)27-22(30)16-33-23-13-12-21(28-29-23)19-10-8-18(9-11-19)17-6-4-3-5-7-17/h3-13,15H,2,14,16H2,1H3,(H,26,27,30). The Balaban J connectivity index is 1.28. The Hall–Kier alpha value is -3.56. The van der Waals surface area contributed by atoms with Crippen LogP contribution < -0.4 is 5.32 Å². The number of rotatable bonds is 9. The first kappa shape index (κ1) is 23.6. The number of carbonyl (C=O) groups is 2. The van der Waals surface area contributed by atoms with Crippen molar-refractivity contribution in [3.05, 3.63) is 77.8 Å². The molecule has 1 N–H and O–H groups in total. The second kappa shape index (κ2) is 11.5. The van der Waals surface area contributed by atoms with E-state index in [4.69, 9.17) is 4.74 Å². The van der Waals surface area contributed by atoms with Gasteiger partial charge in [-0.1, -0.05) is 66.4 Å². The molecule has 0 aliphatic carbocycles. The van der Waals surface area contributed by atoms with Crippen LogP contribution >= 0.6 is 23.1 Å². The number of hydrogen-bond donors (Lipinski definition) is 1. The summed E-state index contributed by atoms with van der Waals surface area (Å²) in [5, 5.41) is 14.1. The van der Waals surface area contributed by atoms with Crippen molar-refractivity contribution < 1.29 is 14.3 Å². The van der Waals surface area contributed by atoms with Crippen molar-refractivity contribution in [1.29, 1.82) is 0 Å². The molecule has 9 heteroatoms. The number of nitrogens with one attached hydrogen (secondary N) is 1. The third kappa shape index (κ3) is 6.49. The highest BCUT2D eigenvalue weighted by Gasteiger charge is 2.11. The smallest absolute Gasteiger partial charge is 0.311 e. The summed E-state index contributed by atoms with van der Waals surface area (Å²) in [5.41, 5.74) is 4.63. The van der Waals surface area contributed by atoms with E-state index in [1.54, 1.807) is 12.3 Å². The summed E-state index contributed by atoms with van der Waals surface area (Å²) in [6, 6.07) is 22.1. The molecular formula is C25H22N4O3S2. The summed E-state index contributed by atoms with van der Waals surface area (Å²) in [4.78, 5) is 28.0. The number of aromatic nitrogens is 3. The van der Waals surface area contributed by atoms with Gasteiger partial charge in [0.15, 0.2) is 5.13 Å². The summed E-state index contributed by atoms with van der Waals surface area (Å²) in [6.07, 6.45) is 0.0892. The van der Waals surface area contributed by atoms with Crippen LogP contribution in [0.4, 0.5) is 5.13 Å². The van der Waals surface area contributed by atoms with Gasteiger partial charge in [-0.05, 0) is 30.2 Å². The van der Waals surface area contributed by atoms with E-state index in [1.807, 2.05) is 42.5 Å². The van der Waals surface area contributed by atoms with Crippen LogP contribution in [0, 0.1) is 0 Å². The number of ether oxygens (including phenoxy) is 1. The highest BCUT2D eigenvalue weighted by Crippen LogP contribution is 2.25. The first-order chi connectivity index (χ1) is 16.6. The molecule has 0 saturated carbocycles. The Morgan fingerprint density at radius 1 is 0.941 bits per heavy atom. The fourth-order valence-electron chi connectivity index (χ4n) is 3.12. The minimum Gasteiger partial charge on any atom is -0.466 e. The Labute approximate surface area is 205 Å². The first-order valence-corrected chi connectivity index (χ1v) is 12.5.